The molecule has 5 nitrogen and oxygen atoms in total. The van der Waals surface area contributed by atoms with E-state index in [0.29, 0.717) is 18.5 Å². The largest absolute Gasteiger partial charge is 0.395 e. The predicted octanol–water partition coefficient (Wildman–Crippen LogP) is 1.18. The third kappa shape index (κ3) is 2.89. The average Bonchev–Trinajstić information content (AvgIpc) is 2.99. The number of aliphatic hydroxyl groups is 1. The number of nitrogens with one attached hydrogen (secondary N) is 1. The molecule has 2 aromatic rings. The quantitative estimate of drug-likeness (QED) is 0.856. The van der Waals surface area contributed by atoms with Crippen LogP contribution in [0.3, 0.4) is 0 Å². The van der Waals surface area contributed by atoms with Gasteiger partial charge in [-0.25, -0.2) is 9.97 Å². The van der Waals surface area contributed by atoms with Crippen LogP contribution in [0.4, 0.5) is 5.95 Å². The Morgan fingerprint density at radius 1 is 1.35 bits per heavy atom. The van der Waals surface area contributed by atoms with E-state index in [1.54, 1.807) is 0 Å². The maximum absolute atomic E-state index is 9.27. The van der Waals surface area contributed by atoms with Gasteiger partial charge in [-0.1, -0.05) is 18.2 Å². The summed E-state index contributed by atoms with van der Waals surface area (Å²) in [6.45, 7) is 2.61. The van der Waals surface area contributed by atoms with Gasteiger partial charge in [-0.2, -0.15) is 0 Å². The van der Waals surface area contributed by atoms with Crippen LogP contribution in [0, 0.1) is 0 Å². The Hall–Kier alpha value is -1.72. The topological polar surface area (TPSA) is 61.3 Å². The maximum atomic E-state index is 9.27. The standard InChI is InChI=1S/C15H20N4O/c20-9-8-19(11-13-5-3-7-16-13)15-17-10-12-4-1-2-6-14(12)18-15/h1-2,4,6,10,13,16,20H,3,5,7-9,11H2. The average molecular weight is 272 g/mol. The molecule has 106 valence electrons. The van der Waals surface area contributed by atoms with Crippen molar-refractivity contribution in [3.05, 3.63) is 30.5 Å². The van der Waals surface area contributed by atoms with Crippen LogP contribution in [0.25, 0.3) is 10.9 Å². The summed E-state index contributed by atoms with van der Waals surface area (Å²) in [4.78, 5) is 11.1. The summed E-state index contributed by atoms with van der Waals surface area (Å²) in [5.74, 6) is 0.700. The first-order valence-electron chi connectivity index (χ1n) is 7.18. The fourth-order valence-corrected chi connectivity index (χ4v) is 2.69. The van der Waals surface area contributed by atoms with Gasteiger partial charge < -0.3 is 15.3 Å². The van der Waals surface area contributed by atoms with Gasteiger partial charge in [0.05, 0.1) is 12.1 Å². The lowest BCUT2D eigenvalue weighted by atomic mass is 10.2. The molecule has 0 spiro atoms. The number of aliphatic hydroxyl groups excluding tert-OH is 1. The van der Waals surface area contributed by atoms with Crippen molar-refractivity contribution in [1.82, 2.24) is 15.3 Å². The van der Waals surface area contributed by atoms with Crippen LogP contribution in [0.5, 0.6) is 0 Å². The fraction of sp³-hybridized carbons (Fsp3) is 0.467. The van der Waals surface area contributed by atoms with E-state index in [1.807, 2.05) is 30.5 Å². The summed E-state index contributed by atoms with van der Waals surface area (Å²) in [6.07, 6.45) is 4.25. The van der Waals surface area contributed by atoms with E-state index in [9.17, 15) is 5.11 Å². The zero-order valence-corrected chi connectivity index (χ0v) is 11.5. The highest BCUT2D eigenvalue weighted by atomic mass is 16.3. The first-order chi connectivity index (χ1) is 9.86. The Labute approximate surface area is 118 Å². The second-order valence-corrected chi connectivity index (χ2v) is 5.19. The van der Waals surface area contributed by atoms with Gasteiger partial charge in [-0.05, 0) is 25.5 Å². The molecule has 0 aliphatic carbocycles. The first-order valence-corrected chi connectivity index (χ1v) is 7.18. The van der Waals surface area contributed by atoms with E-state index in [4.69, 9.17) is 0 Å². The first kappa shape index (κ1) is 13.3. The van der Waals surface area contributed by atoms with E-state index in [2.05, 4.69) is 20.2 Å². The molecule has 1 aliphatic rings. The molecular weight excluding hydrogens is 252 g/mol. The van der Waals surface area contributed by atoms with E-state index < -0.39 is 0 Å². The van der Waals surface area contributed by atoms with Gasteiger partial charge in [0.15, 0.2) is 0 Å². The maximum Gasteiger partial charge on any atom is 0.226 e. The Balaban J connectivity index is 1.83. The molecule has 0 saturated carbocycles. The van der Waals surface area contributed by atoms with Crippen LogP contribution >= 0.6 is 0 Å². The van der Waals surface area contributed by atoms with Gasteiger partial charge in [0, 0.05) is 30.7 Å². The molecule has 20 heavy (non-hydrogen) atoms. The molecule has 2 N–H and O–H groups in total. The molecule has 1 aromatic carbocycles. The second-order valence-electron chi connectivity index (χ2n) is 5.19. The van der Waals surface area contributed by atoms with E-state index in [0.717, 1.165) is 24.0 Å². The minimum atomic E-state index is 0.114. The highest BCUT2D eigenvalue weighted by Gasteiger charge is 2.19. The van der Waals surface area contributed by atoms with Crippen molar-refractivity contribution in [2.75, 3.05) is 31.1 Å². The number of hydrogen-bond donors (Lipinski definition) is 2. The Kier molecular flexibility index (Phi) is 4.08. The van der Waals surface area contributed by atoms with Gasteiger partial charge in [0.2, 0.25) is 5.95 Å². The second kappa shape index (κ2) is 6.15. The minimum absolute atomic E-state index is 0.114. The van der Waals surface area contributed by atoms with Crippen molar-refractivity contribution in [3.8, 4) is 0 Å². The van der Waals surface area contributed by atoms with Crippen molar-refractivity contribution in [2.45, 2.75) is 18.9 Å². The lowest BCUT2D eigenvalue weighted by Gasteiger charge is -2.25. The normalized spacial score (nSPS) is 18.6. The van der Waals surface area contributed by atoms with Crippen LogP contribution < -0.4 is 10.2 Å². The highest BCUT2D eigenvalue weighted by Crippen LogP contribution is 2.16. The van der Waals surface area contributed by atoms with Crippen molar-refractivity contribution in [2.24, 2.45) is 0 Å². The molecule has 1 saturated heterocycles. The van der Waals surface area contributed by atoms with E-state index >= 15 is 0 Å². The molecule has 1 aliphatic heterocycles. The van der Waals surface area contributed by atoms with Gasteiger partial charge in [-0.15, -0.1) is 0 Å². The van der Waals surface area contributed by atoms with Gasteiger partial charge in [0.25, 0.3) is 0 Å². The number of anilines is 1. The molecule has 1 unspecified atom stereocenters. The van der Waals surface area contributed by atoms with Crippen LogP contribution in [0.2, 0.25) is 0 Å². The summed E-state index contributed by atoms with van der Waals surface area (Å²) in [5.41, 5.74) is 0.944. The monoisotopic (exact) mass is 272 g/mol. The summed E-state index contributed by atoms with van der Waals surface area (Å²) in [5, 5.41) is 13.8. The zero-order valence-electron chi connectivity index (χ0n) is 11.5. The van der Waals surface area contributed by atoms with Crippen molar-refractivity contribution >= 4 is 16.9 Å². The Morgan fingerprint density at radius 3 is 3.05 bits per heavy atom. The van der Waals surface area contributed by atoms with Crippen LogP contribution in [-0.4, -0.2) is 47.4 Å². The number of aromatic nitrogens is 2. The molecule has 2 heterocycles. The zero-order chi connectivity index (χ0) is 13.8. The number of benzene rings is 1. The Bertz CT molecular complexity index is 569. The predicted molar refractivity (Wildman–Crippen MR) is 79.9 cm³/mol. The van der Waals surface area contributed by atoms with Gasteiger partial charge in [-0.3, -0.25) is 0 Å². The fourth-order valence-electron chi connectivity index (χ4n) is 2.69. The molecule has 0 amide bonds. The third-order valence-electron chi connectivity index (χ3n) is 3.73. The van der Waals surface area contributed by atoms with Crippen LogP contribution in [0.1, 0.15) is 12.8 Å². The van der Waals surface area contributed by atoms with Crippen molar-refractivity contribution in [3.63, 3.8) is 0 Å². The highest BCUT2D eigenvalue weighted by molar-refractivity contribution is 5.78. The lowest BCUT2D eigenvalue weighted by Crippen LogP contribution is -2.40. The molecule has 5 heteroatoms. The number of fused-ring (bicyclic) bond motifs is 1. The summed E-state index contributed by atoms with van der Waals surface area (Å²) < 4.78 is 0. The van der Waals surface area contributed by atoms with E-state index in [-0.39, 0.29) is 6.61 Å². The number of hydrogen-bond acceptors (Lipinski definition) is 5. The van der Waals surface area contributed by atoms with E-state index in [1.165, 1.54) is 12.8 Å². The Morgan fingerprint density at radius 2 is 2.25 bits per heavy atom. The summed E-state index contributed by atoms with van der Waals surface area (Å²) >= 11 is 0. The molecule has 0 bridgehead atoms. The number of nitrogens with zero attached hydrogens (tertiary/aromatic N) is 3. The van der Waals surface area contributed by atoms with Crippen molar-refractivity contribution < 1.29 is 5.11 Å². The smallest absolute Gasteiger partial charge is 0.226 e. The lowest BCUT2D eigenvalue weighted by molar-refractivity contribution is 0.299. The minimum Gasteiger partial charge on any atom is -0.395 e. The van der Waals surface area contributed by atoms with Crippen LogP contribution in [0.15, 0.2) is 30.5 Å². The third-order valence-corrected chi connectivity index (χ3v) is 3.73. The molecule has 3 rings (SSSR count). The summed E-state index contributed by atoms with van der Waals surface area (Å²) in [7, 11) is 0. The van der Waals surface area contributed by atoms with Crippen LogP contribution in [-0.2, 0) is 0 Å². The molecule has 1 fully saturated rings. The number of para-hydroxylation sites is 1. The van der Waals surface area contributed by atoms with Crippen molar-refractivity contribution in [1.29, 1.82) is 0 Å². The SMILES string of the molecule is OCCN(CC1CCCN1)c1ncc2ccccc2n1. The van der Waals surface area contributed by atoms with Gasteiger partial charge >= 0.3 is 0 Å². The summed E-state index contributed by atoms with van der Waals surface area (Å²) in [6, 6.07) is 8.43. The van der Waals surface area contributed by atoms with Gasteiger partial charge in [0.1, 0.15) is 0 Å². The number of rotatable bonds is 5. The molecular formula is C15H20N4O. The molecule has 1 atom stereocenters. The molecule has 1 aromatic heterocycles. The molecule has 0 radical (unpaired) electrons.